The third-order valence-corrected chi connectivity index (χ3v) is 5.70. The number of benzene rings is 1. The van der Waals surface area contributed by atoms with Gasteiger partial charge in [-0.3, -0.25) is 0 Å². The van der Waals surface area contributed by atoms with Gasteiger partial charge in [0.05, 0.1) is 5.75 Å². The highest BCUT2D eigenvalue weighted by atomic mass is 35.5. The van der Waals surface area contributed by atoms with Gasteiger partial charge in [-0.2, -0.15) is 4.98 Å². The van der Waals surface area contributed by atoms with Crippen LogP contribution in [0.1, 0.15) is 49.7 Å². The van der Waals surface area contributed by atoms with E-state index in [-0.39, 0.29) is 0 Å². The minimum Gasteiger partial charge on any atom is -0.338 e. The molecule has 0 amide bonds. The highest BCUT2D eigenvalue weighted by Crippen LogP contribution is 2.32. The first-order valence-electron chi connectivity index (χ1n) is 8.62. The molecular formula is C17H19ClN6OS. The van der Waals surface area contributed by atoms with E-state index < -0.39 is 0 Å². The zero-order valence-electron chi connectivity index (χ0n) is 14.1. The molecule has 4 rings (SSSR count). The standard InChI is InChI=1S/C17H19ClN6OS/c18-13-8-4-7-12(9-13)15-20-14(25-23-15)10-26-17-22-21-16(24(17)19)11-5-2-1-3-6-11/h4,7-9,11H,1-3,5-6,10,19H2. The Labute approximate surface area is 160 Å². The number of rotatable bonds is 5. The fourth-order valence-corrected chi connectivity index (χ4v) is 4.10. The van der Waals surface area contributed by atoms with E-state index in [4.69, 9.17) is 22.0 Å². The molecule has 0 unspecified atom stereocenters. The smallest absolute Gasteiger partial charge is 0.237 e. The monoisotopic (exact) mass is 390 g/mol. The topological polar surface area (TPSA) is 95.7 Å². The van der Waals surface area contributed by atoms with Gasteiger partial charge in [-0.1, -0.05) is 59.9 Å². The number of hydrogen-bond donors (Lipinski definition) is 1. The van der Waals surface area contributed by atoms with Gasteiger partial charge in [0.1, 0.15) is 0 Å². The number of nitrogens with zero attached hydrogens (tertiary/aromatic N) is 5. The van der Waals surface area contributed by atoms with Gasteiger partial charge in [0.25, 0.3) is 0 Å². The molecule has 0 bridgehead atoms. The molecule has 0 spiro atoms. The van der Waals surface area contributed by atoms with Crippen LogP contribution < -0.4 is 5.84 Å². The Bertz CT molecular complexity index is 889. The van der Waals surface area contributed by atoms with Crippen LogP contribution >= 0.6 is 23.4 Å². The van der Waals surface area contributed by atoms with Crippen LogP contribution in [-0.2, 0) is 5.75 Å². The third kappa shape index (κ3) is 3.71. The molecule has 9 heteroatoms. The number of nitrogens with two attached hydrogens (primary N) is 1. The molecule has 1 saturated carbocycles. The van der Waals surface area contributed by atoms with Crippen molar-refractivity contribution in [1.29, 1.82) is 0 Å². The van der Waals surface area contributed by atoms with Gasteiger partial charge in [0, 0.05) is 16.5 Å². The number of nitrogen functional groups attached to an aromatic ring is 1. The lowest BCUT2D eigenvalue weighted by molar-refractivity contribution is 0.391. The molecule has 1 aliphatic rings. The van der Waals surface area contributed by atoms with E-state index in [0.29, 0.717) is 33.6 Å². The maximum atomic E-state index is 6.20. The summed E-state index contributed by atoms with van der Waals surface area (Å²) in [5.74, 6) is 8.98. The van der Waals surface area contributed by atoms with E-state index in [9.17, 15) is 0 Å². The van der Waals surface area contributed by atoms with E-state index in [1.54, 1.807) is 16.8 Å². The fourth-order valence-electron chi connectivity index (χ4n) is 3.21. The van der Waals surface area contributed by atoms with Crippen LogP contribution in [0.3, 0.4) is 0 Å². The Morgan fingerprint density at radius 1 is 1.23 bits per heavy atom. The Morgan fingerprint density at radius 3 is 2.88 bits per heavy atom. The van der Waals surface area contributed by atoms with Crippen LogP contribution in [0.25, 0.3) is 11.4 Å². The zero-order chi connectivity index (χ0) is 17.9. The molecule has 26 heavy (non-hydrogen) atoms. The summed E-state index contributed by atoms with van der Waals surface area (Å²) in [6, 6.07) is 7.35. The van der Waals surface area contributed by atoms with Crippen molar-refractivity contribution in [2.45, 2.75) is 48.9 Å². The summed E-state index contributed by atoms with van der Waals surface area (Å²) in [5.41, 5.74) is 0.819. The highest BCUT2D eigenvalue weighted by molar-refractivity contribution is 7.98. The second-order valence-corrected chi connectivity index (χ2v) is 7.74. The van der Waals surface area contributed by atoms with E-state index in [1.165, 1.54) is 31.0 Å². The summed E-state index contributed by atoms with van der Waals surface area (Å²) in [5, 5.41) is 13.8. The van der Waals surface area contributed by atoms with Gasteiger partial charge < -0.3 is 10.4 Å². The number of halogens is 1. The molecule has 0 atom stereocenters. The van der Waals surface area contributed by atoms with Gasteiger partial charge in [-0.25, -0.2) is 4.68 Å². The predicted molar refractivity (Wildman–Crippen MR) is 100 cm³/mol. The molecular weight excluding hydrogens is 372 g/mol. The first-order chi connectivity index (χ1) is 12.7. The first kappa shape index (κ1) is 17.4. The molecule has 1 fully saturated rings. The summed E-state index contributed by atoms with van der Waals surface area (Å²) in [6.45, 7) is 0. The van der Waals surface area contributed by atoms with Gasteiger partial charge >= 0.3 is 0 Å². The molecule has 3 aromatic rings. The van der Waals surface area contributed by atoms with Crippen LogP contribution in [0.2, 0.25) is 5.02 Å². The SMILES string of the molecule is Nn1c(SCc2nc(-c3cccc(Cl)c3)no2)nnc1C1CCCCC1. The Balaban J connectivity index is 1.42. The minimum atomic E-state index is 0.411. The van der Waals surface area contributed by atoms with E-state index in [0.717, 1.165) is 24.2 Å². The number of hydrogen-bond acceptors (Lipinski definition) is 7. The lowest BCUT2D eigenvalue weighted by atomic mass is 9.89. The van der Waals surface area contributed by atoms with Crippen molar-refractivity contribution < 1.29 is 4.52 Å². The normalized spacial score (nSPS) is 15.4. The van der Waals surface area contributed by atoms with Crippen molar-refractivity contribution >= 4 is 23.4 Å². The van der Waals surface area contributed by atoms with Crippen LogP contribution in [0.5, 0.6) is 0 Å². The molecule has 1 aromatic carbocycles. The van der Waals surface area contributed by atoms with E-state index in [1.807, 2.05) is 12.1 Å². The van der Waals surface area contributed by atoms with E-state index in [2.05, 4.69) is 20.3 Å². The Morgan fingerprint density at radius 2 is 2.08 bits per heavy atom. The Hall–Kier alpha value is -2.06. The molecule has 136 valence electrons. The van der Waals surface area contributed by atoms with Crippen molar-refractivity contribution in [2.75, 3.05) is 5.84 Å². The van der Waals surface area contributed by atoms with Crippen molar-refractivity contribution in [2.24, 2.45) is 0 Å². The summed E-state index contributed by atoms with van der Waals surface area (Å²) in [4.78, 5) is 4.41. The summed E-state index contributed by atoms with van der Waals surface area (Å²) in [7, 11) is 0. The highest BCUT2D eigenvalue weighted by Gasteiger charge is 2.23. The van der Waals surface area contributed by atoms with Crippen LogP contribution in [0.4, 0.5) is 0 Å². The first-order valence-corrected chi connectivity index (χ1v) is 9.99. The molecule has 2 heterocycles. The molecule has 1 aliphatic carbocycles. The maximum Gasteiger partial charge on any atom is 0.237 e. The average Bonchev–Trinajstić information content (AvgIpc) is 3.28. The lowest BCUT2D eigenvalue weighted by Crippen LogP contribution is -2.18. The second kappa shape index (κ2) is 7.67. The summed E-state index contributed by atoms with van der Waals surface area (Å²) in [6.07, 6.45) is 6.02. The van der Waals surface area contributed by atoms with Crippen molar-refractivity contribution in [3.63, 3.8) is 0 Å². The third-order valence-electron chi connectivity index (χ3n) is 4.54. The van der Waals surface area contributed by atoms with Crippen molar-refractivity contribution in [3.8, 4) is 11.4 Å². The summed E-state index contributed by atoms with van der Waals surface area (Å²) >= 11 is 7.44. The second-order valence-electron chi connectivity index (χ2n) is 6.36. The molecule has 2 N–H and O–H groups in total. The molecule has 0 aliphatic heterocycles. The van der Waals surface area contributed by atoms with Gasteiger partial charge in [-0.05, 0) is 25.0 Å². The van der Waals surface area contributed by atoms with Crippen LogP contribution in [0.15, 0.2) is 33.9 Å². The Kier molecular flexibility index (Phi) is 5.12. The van der Waals surface area contributed by atoms with Crippen LogP contribution in [-0.4, -0.2) is 25.0 Å². The summed E-state index contributed by atoms with van der Waals surface area (Å²) < 4.78 is 6.93. The van der Waals surface area contributed by atoms with Crippen molar-refractivity contribution in [1.82, 2.24) is 25.0 Å². The van der Waals surface area contributed by atoms with Gasteiger partial charge in [0.15, 0.2) is 5.82 Å². The molecule has 0 radical (unpaired) electrons. The predicted octanol–water partition coefficient (Wildman–Crippen LogP) is 4.04. The maximum absolute atomic E-state index is 6.20. The molecule has 7 nitrogen and oxygen atoms in total. The quantitative estimate of drug-likeness (QED) is 0.518. The largest absolute Gasteiger partial charge is 0.338 e. The molecule has 0 saturated heterocycles. The number of aromatic nitrogens is 5. The van der Waals surface area contributed by atoms with Crippen LogP contribution in [0, 0.1) is 0 Å². The average molecular weight is 391 g/mol. The van der Waals surface area contributed by atoms with Gasteiger partial charge in [0.2, 0.25) is 16.9 Å². The lowest BCUT2D eigenvalue weighted by Gasteiger charge is -2.20. The van der Waals surface area contributed by atoms with Gasteiger partial charge in [-0.15, -0.1) is 10.2 Å². The van der Waals surface area contributed by atoms with Crippen molar-refractivity contribution in [3.05, 3.63) is 41.0 Å². The minimum absolute atomic E-state index is 0.411. The fraction of sp³-hybridized carbons (Fsp3) is 0.412. The molecule has 2 aromatic heterocycles. The zero-order valence-corrected chi connectivity index (χ0v) is 15.7. The van der Waals surface area contributed by atoms with E-state index >= 15 is 0 Å². The number of thioether (sulfide) groups is 1.